The highest BCUT2D eigenvalue weighted by Crippen LogP contribution is 2.45. The molecule has 0 aliphatic rings. The van der Waals surface area contributed by atoms with E-state index < -0.39 is 97.5 Å². The Bertz CT molecular complexity index is 2000. The zero-order chi connectivity index (χ0) is 76.9. The fraction of sp³-hybridized carbons (Fsp3) is 0.953. The lowest BCUT2D eigenvalue weighted by Crippen LogP contribution is -2.30. The molecule has 0 amide bonds. The molecule has 0 spiro atoms. The molecule has 0 aliphatic carbocycles. The SMILES string of the molecule is CCCCCCCCCCCCCCCCCCCCCCCCC(=O)O[C@H](COC(=O)CCCCCCCCCCCCCCCCCCCCC)COP(=O)(O)OC[C@@H](O)COP(=O)(O)OC[C@@H](COC(=O)CCCCCCCCCCC)OC(=O)CCCCCCCCCCCCCCC(C)C. The number of carbonyl (C=O) groups excluding carboxylic acids is 4. The van der Waals surface area contributed by atoms with Gasteiger partial charge in [0, 0.05) is 25.7 Å². The van der Waals surface area contributed by atoms with Gasteiger partial charge >= 0.3 is 39.5 Å². The minimum Gasteiger partial charge on any atom is -0.462 e. The monoisotopic (exact) mass is 1540 g/mol. The van der Waals surface area contributed by atoms with E-state index in [9.17, 15) is 43.2 Å². The van der Waals surface area contributed by atoms with Crippen LogP contribution in [0.2, 0.25) is 0 Å². The van der Waals surface area contributed by atoms with Crippen molar-refractivity contribution in [1.82, 2.24) is 0 Å². The van der Waals surface area contributed by atoms with Crippen LogP contribution in [0.25, 0.3) is 0 Å². The second kappa shape index (κ2) is 78.7. The van der Waals surface area contributed by atoms with Crippen LogP contribution in [0.3, 0.4) is 0 Å². The minimum absolute atomic E-state index is 0.107. The number of ether oxygens (including phenoxy) is 4. The first-order valence-corrected chi connectivity index (χ1v) is 47.6. The molecule has 5 atom stereocenters. The Balaban J connectivity index is 5.20. The first-order chi connectivity index (χ1) is 51.0. The van der Waals surface area contributed by atoms with Crippen molar-refractivity contribution in [2.45, 2.75) is 483 Å². The van der Waals surface area contributed by atoms with Crippen LogP contribution in [0.5, 0.6) is 0 Å². The average molecular weight is 1540 g/mol. The van der Waals surface area contributed by atoms with Crippen molar-refractivity contribution in [2.24, 2.45) is 5.92 Å². The summed E-state index contributed by atoms with van der Waals surface area (Å²) in [6, 6.07) is 0. The van der Waals surface area contributed by atoms with Gasteiger partial charge in [0.1, 0.15) is 19.3 Å². The summed E-state index contributed by atoms with van der Waals surface area (Å²) >= 11 is 0. The molecule has 0 saturated heterocycles. The van der Waals surface area contributed by atoms with Crippen LogP contribution >= 0.6 is 15.6 Å². The summed E-state index contributed by atoms with van der Waals surface area (Å²) in [5.41, 5.74) is 0. The maximum absolute atomic E-state index is 13.1. The van der Waals surface area contributed by atoms with Crippen LogP contribution < -0.4 is 0 Å². The Hall–Kier alpha value is -1.94. The molecule has 0 radical (unpaired) electrons. The number of phosphoric acid groups is 2. The topological polar surface area (TPSA) is 237 Å². The van der Waals surface area contributed by atoms with Crippen LogP contribution in [0.1, 0.15) is 465 Å². The van der Waals surface area contributed by atoms with Crippen LogP contribution in [-0.2, 0) is 65.4 Å². The summed E-state index contributed by atoms with van der Waals surface area (Å²) in [5, 5.41) is 10.7. The van der Waals surface area contributed by atoms with Gasteiger partial charge in [0.15, 0.2) is 12.2 Å². The Morgan fingerprint density at radius 3 is 0.648 bits per heavy atom. The van der Waals surface area contributed by atoms with Gasteiger partial charge in [-0.1, -0.05) is 413 Å². The zero-order valence-electron chi connectivity index (χ0n) is 68.9. The maximum atomic E-state index is 13.1. The molecular formula is C86H168O17P2. The lowest BCUT2D eigenvalue weighted by Gasteiger charge is -2.21. The normalized spacial score (nSPS) is 13.8. The summed E-state index contributed by atoms with van der Waals surface area (Å²) in [4.78, 5) is 73.1. The van der Waals surface area contributed by atoms with Gasteiger partial charge in [-0.2, -0.15) is 0 Å². The van der Waals surface area contributed by atoms with Gasteiger partial charge in [0.05, 0.1) is 26.4 Å². The van der Waals surface area contributed by atoms with Crippen molar-refractivity contribution in [2.75, 3.05) is 39.6 Å². The van der Waals surface area contributed by atoms with E-state index in [-0.39, 0.29) is 25.7 Å². The number of aliphatic hydroxyl groups is 1. The first kappa shape index (κ1) is 103. The van der Waals surface area contributed by atoms with E-state index in [0.717, 1.165) is 95.8 Å². The summed E-state index contributed by atoms with van der Waals surface area (Å²) in [7, 11) is -9.92. The van der Waals surface area contributed by atoms with Gasteiger partial charge in [-0.3, -0.25) is 37.3 Å². The molecule has 105 heavy (non-hydrogen) atoms. The zero-order valence-corrected chi connectivity index (χ0v) is 70.7. The van der Waals surface area contributed by atoms with Crippen molar-refractivity contribution >= 4 is 39.5 Å². The largest absolute Gasteiger partial charge is 0.472 e. The number of hydrogen-bond donors (Lipinski definition) is 3. The first-order valence-electron chi connectivity index (χ1n) is 44.6. The predicted octanol–water partition coefficient (Wildman–Crippen LogP) is 26.4. The third-order valence-corrected chi connectivity index (χ3v) is 22.2. The highest BCUT2D eigenvalue weighted by Gasteiger charge is 2.30. The second-order valence-electron chi connectivity index (χ2n) is 31.4. The van der Waals surface area contributed by atoms with Gasteiger partial charge in [0.25, 0.3) is 0 Å². The quantitative estimate of drug-likeness (QED) is 0.0222. The van der Waals surface area contributed by atoms with E-state index in [0.29, 0.717) is 25.7 Å². The third-order valence-electron chi connectivity index (χ3n) is 20.3. The molecule has 2 unspecified atom stereocenters. The standard InChI is InChI=1S/C86H168O17P2/c1-6-9-12-15-18-21-23-25-27-29-31-32-33-35-37-39-41-46-51-56-61-66-71-85(90)103-82(76-97-84(89)70-65-60-55-50-45-40-38-36-34-30-28-26-24-22-19-16-13-10-7-2)78-101-105(94,95)99-74-80(87)73-98-104(92,93)100-77-81(75-96-83(88)69-64-59-54-48-20-17-14-11-8-3)102-86(91)72-67-62-57-52-47-43-42-44-49-53-58-63-68-79(4)5/h79-82,87H,6-78H2,1-5H3,(H,92,93)(H,94,95)/t80-,81+,82+/m0/s1. The van der Waals surface area contributed by atoms with E-state index in [4.69, 9.17) is 37.0 Å². The van der Waals surface area contributed by atoms with Crippen LogP contribution in [0, 0.1) is 5.92 Å². The number of aliphatic hydroxyl groups excluding tert-OH is 1. The molecule has 0 fully saturated rings. The lowest BCUT2D eigenvalue weighted by molar-refractivity contribution is -0.161. The molecule has 624 valence electrons. The van der Waals surface area contributed by atoms with E-state index in [1.54, 1.807) is 0 Å². The van der Waals surface area contributed by atoms with E-state index in [2.05, 4.69) is 34.6 Å². The molecule has 0 aliphatic heterocycles. The molecule has 0 heterocycles. The van der Waals surface area contributed by atoms with Gasteiger partial charge < -0.3 is 33.8 Å². The molecule has 0 aromatic carbocycles. The molecule has 0 aromatic heterocycles. The number of carbonyl (C=O) groups is 4. The van der Waals surface area contributed by atoms with Crippen molar-refractivity contribution < 1.29 is 80.2 Å². The van der Waals surface area contributed by atoms with Crippen LogP contribution in [0.15, 0.2) is 0 Å². The Morgan fingerprint density at radius 1 is 0.257 bits per heavy atom. The van der Waals surface area contributed by atoms with Gasteiger partial charge in [-0.25, -0.2) is 9.13 Å². The molecule has 3 N–H and O–H groups in total. The van der Waals surface area contributed by atoms with Gasteiger partial charge in [-0.05, 0) is 31.6 Å². The lowest BCUT2D eigenvalue weighted by atomic mass is 10.0. The van der Waals surface area contributed by atoms with Crippen molar-refractivity contribution in [1.29, 1.82) is 0 Å². The Morgan fingerprint density at radius 2 is 0.438 bits per heavy atom. The molecule has 0 saturated carbocycles. The van der Waals surface area contributed by atoms with E-state index in [1.165, 1.54) is 289 Å². The summed E-state index contributed by atoms with van der Waals surface area (Å²) in [6.07, 6.45) is 72.4. The summed E-state index contributed by atoms with van der Waals surface area (Å²) < 4.78 is 68.8. The summed E-state index contributed by atoms with van der Waals surface area (Å²) in [5.74, 6) is -1.33. The number of rotatable bonds is 86. The molecule has 0 aromatic rings. The van der Waals surface area contributed by atoms with E-state index >= 15 is 0 Å². The van der Waals surface area contributed by atoms with Crippen molar-refractivity contribution in [3.63, 3.8) is 0 Å². The number of phosphoric ester groups is 2. The van der Waals surface area contributed by atoms with Gasteiger partial charge in [-0.15, -0.1) is 0 Å². The third kappa shape index (κ3) is 79.9. The van der Waals surface area contributed by atoms with Crippen LogP contribution in [-0.4, -0.2) is 96.7 Å². The highest BCUT2D eigenvalue weighted by atomic mass is 31.2. The molecule has 0 rings (SSSR count). The molecule has 19 heteroatoms. The molecule has 17 nitrogen and oxygen atoms in total. The fourth-order valence-electron chi connectivity index (χ4n) is 13.5. The molecule has 0 bridgehead atoms. The fourth-order valence-corrected chi connectivity index (χ4v) is 15.1. The minimum atomic E-state index is -4.96. The number of unbranched alkanes of at least 4 members (excludes halogenated alkanes) is 58. The van der Waals surface area contributed by atoms with Crippen LogP contribution in [0.4, 0.5) is 0 Å². The predicted molar refractivity (Wildman–Crippen MR) is 432 cm³/mol. The Kier molecular flexibility index (Phi) is 77.3. The smallest absolute Gasteiger partial charge is 0.462 e. The van der Waals surface area contributed by atoms with Crippen molar-refractivity contribution in [3.8, 4) is 0 Å². The highest BCUT2D eigenvalue weighted by molar-refractivity contribution is 7.47. The Labute approximate surface area is 645 Å². The number of hydrogen-bond acceptors (Lipinski definition) is 15. The van der Waals surface area contributed by atoms with E-state index in [1.807, 2.05) is 0 Å². The van der Waals surface area contributed by atoms with Crippen molar-refractivity contribution in [3.05, 3.63) is 0 Å². The number of esters is 4. The maximum Gasteiger partial charge on any atom is 0.472 e. The molecular weight excluding hydrogens is 1370 g/mol. The van der Waals surface area contributed by atoms with Gasteiger partial charge in [0.2, 0.25) is 0 Å². The summed E-state index contributed by atoms with van der Waals surface area (Å²) in [6.45, 7) is 7.35. The second-order valence-corrected chi connectivity index (χ2v) is 34.3. The average Bonchev–Trinajstić information content (AvgIpc) is 0.913.